The first-order valence-electron chi connectivity index (χ1n) is 6.82. The smallest absolute Gasteiger partial charge is 0.313 e. The number of hydrogen-bond donors (Lipinski definition) is 3. The monoisotopic (exact) mass is 319 g/mol. The van der Waals surface area contributed by atoms with E-state index in [4.69, 9.17) is 5.73 Å². The quantitative estimate of drug-likeness (QED) is 0.750. The molecular formula is C16H15F2N3O2. The minimum Gasteiger partial charge on any atom is -0.344 e. The third-order valence-electron chi connectivity index (χ3n) is 3.09. The van der Waals surface area contributed by atoms with Crippen LogP contribution in [-0.4, -0.2) is 11.8 Å². The minimum atomic E-state index is -1.15. The van der Waals surface area contributed by atoms with E-state index in [1.165, 1.54) is 0 Å². The first-order chi connectivity index (χ1) is 11.0. The molecule has 0 aromatic heterocycles. The number of benzene rings is 2. The fraction of sp³-hybridized carbons (Fsp3) is 0.125. The van der Waals surface area contributed by atoms with E-state index in [1.807, 2.05) is 11.4 Å². The second-order valence-electron chi connectivity index (χ2n) is 4.76. The molecule has 0 fully saturated rings. The van der Waals surface area contributed by atoms with Crippen LogP contribution in [0.4, 0.5) is 14.5 Å². The van der Waals surface area contributed by atoms with E-state index >= 15 is 0 Å². The number of carbonyl (C=O) groups excluding carboxylic acids is 2. The SMILES string of the molecule is NCc1cccc(CNC(=O)C(=O)Nc2c(F)cccc2F)c1. The van der Waals surface area contributed by atoms with Crippen molar-refractivity contribution in [3.05, 3.63) is 65.2 Å². The Morgan fingerprint density at radius 1 is 0.957 bits per heavy atom. The lowest BCUT2D eigenvalue weighted by molar-refractivity contribution is -0.136. The first kappa shape index (κ1) is 16.6. The van der Waals surface area contributed by atoms with Crippen LogP contribution in [0.15, 0.2) is 42.5 Å². The zero-order valence-corrected chi connectivity index (χ0v) is 12.1. The maximum Gasteiger partial charge on any atom is 0.313 e. The molecule has 0 aliphatic carbocycles. The molecule has 2 aromatic carbocycles. The van der Waals surface area contributed by atoms with E-state index in [2.05, 4.69) is 5.32 Å². The molecule has 2 rings (SSSR count). The predicted molar refractivity (Wildman–Crippen MR) is 81.2 cm³/mol. The normalized spacial score (nSPS) is 10.2. The molecule has 0 bridgehead atoms. The molecule has 2 aromatic rings. The maximum atomic E-state index is 13.4. The van der Waals surface area contributed by atoms with Crippen LogP contribution in [0.25, 0.3) is 0 Å². The molecular weight excluding hydrogens is 304 g/mol. The van der Waals surface area contributed by atoms with Crippen LogP contribution in [-0.2, 0) is 22.7 Å². The number of para-hydroxylation sites is 1. The van der Waals surface area contributed by atoms with Crippen molar-refractivity contribution in [2.24, 2.45) is 5.73 Å². The highest BCUT2D eigenvalue weighted by Gasteiger charge is 2.17. The summed E-state index contributed by atoms with van der Waals surface area (Å²) in [6.07, 6.45) is 0. The van der Waals surface area contributed by atoms with Crippen molar-refractivity contribution in [3.63, 3.8) is 0 Å². The maximum absolute atomic E-state index is 13.4. The second-order valence-corrected chi connectivity index (χ2v) is 4.76. The van der Waals surface area contributed by atoms with Gasteiger partial charge in [-0.1, -0.05) is 30.3 Å². The summed E-state index contributed by atoms with van der Waals surface area (Å²) in [7, 11) is 0. The van der Waals surface area contributed by atoms with E-state index in [9.17, 15) is 18.4 Å². The van der Waals surface area contributed by atoms with Gasteiger partial charge in [-0.25, -0.2) is 8.78 Å². The lowest BCUT2D eigenvalue weighted by atomic mass is 10.1. The largest absolute Gasteiger partial charge is 0.344 e. The van der Waals surface area contributed by atoms with Crippen LogP contribution in [0, 0.1) is 11.6 Å². The van der Waals surface area contributed by atoms with E-state index in [0.717, 1.165) is 29.3 Å². The van der Waals surface area contributed by atoms with Gasteiger partial charge in [0.05, 0.1) is 0 Å². The Morgan fingerprint density at radius 3 is 2.22 bits per heavy atom. The second kappa shape index (κ2) is 7.46. The molecule has 7 heteroatoms. The van der Waals surface area contributed by atoms with Gasteiger partial charge in [-0.15, -0.1) is 0 Å². The number of amides is 2. The summed E-state index contributed by atoms with van der Waals surface area (Å²) >= 11 is 0. The van der Waals surface area contributed by atoms with Crippen molar-refractivity contribution >= 4 is 17.5 Å². The number of carbonyl (C=O) groups is 2. The Kier molecular flexibility index (Phi) is 5.37. The zero-order valence-electron chi connectivity index (χ0n) is 12.1. The summed E-state index contributed by atoms with van der Waals surface area (Å²) in [5, 5.41) is 4.29. The molecule has 5 nitrogen and oxygen atoms in total. The van der Waals surface area contributed by atoms with Crippen LogP contribution in [0.2, 0.25) is 0 Å². The predicted octanol–water partition coefficient (Wildman–Crippen LogP) is 1.68. The van der Waals surface area contributed by atoms with Crippen molar-refractivity contribution in [2.75, 3.05) is 5.32 Å². The summed E-state index contributed by atoms with van der Waals surface area (Å²) in [5.74, 6) is -4.06. The number of anilines is 1. The van der Waals surface area contributed by atoms with Gasteiger partial charge in [0.15, 0.2) is 0 Å². The summed E-state index contributed by atoms with van der Waals surface area (Å²) in [5.41, 5.74) is 6.50. The van der Waals surface area contributed by atoms with Crippen molar-refractivity contribution in [1.29, 1.82) is 0 Å². The topological polar surface area (TPSA) is 84.2 Å². The summed E-state index contributed by atoms with van der Waals surface area (Å²) in [6.45, 7) is 0.453. The molecule has 2 amide bonds. The fourth-order valence-corrected chi connectivity index (χ4v) is 1.92. The van der Waals surface area contributed by atoms with E-state index < -0.39 is 29.1 Å². The van der Waals surface area contributed by atoms with Gasteiger partial charge in [0.25, 0.3) is 0 Å². The molecule has 0 unspecified atom stereocenters. The lowest BCUT2D eigenvalue weighted by Gasteiger charge is -2.08. The van der Waals surface area contributed by atoms with E-state index in [0.29, 0.717) is 6.54 Å². The highest BCUT2D eigenvalue weighted by molar-refractivity contribution is 6.39. The number of halogens is 2. The van der Waals surface area contributed by atoms with Gasteiger partial charge < -0.3 is 16.4 Å². The highest BCUT2D eigenvalue weighted by Crippen LogP contribution is 2.17. The Bertz CT molecular complexity index is 715. The standard InChI is InChI=1S/C16H15F2N3O2/c17-12-5-2-6-13(18)14(12)21-16(23)15(22)20-9-11-4-1-3-10(7-11)8-19/h1-7H,8-9,19H2,(H,20,22)(H,21,23). The molecule has 23 heavy (non-hydrogen) atoms. The molecule has 0 heterocycles. The number of rotatable bonds is 4. The Morgan fingerprint density at radius 2 is 1.57 bits per heavy atom. The summed E-state index contributed by atoms with van der Waals surface area (Å²) < 4.78 is 26.8. The van der Waals surface area contributed by atoms with Gasteiger partial charge in [-0.3, -0.25) is 9.59 Å². The van der Waals surface area contributed by atoms with Crippen molar-refractivity contribution in [1.82, 2.24) is 5.32 Å². The van der Waals surface area contributed by atoms with Crippen LogP contribution in [0.5, 0.6) is 0 Å². The van der Waals surface area contributed by atoms with Crippen LogP contribution in [0.1, 0.15) is 11.1 Å². The number of nitrogens with two attached hydrogens (primary N) is 1. The molecule has 0 atom stereocenters. The third kappa shape index (κ3) is 4.33. The summed E-state index contributed by atoms with van der Waals surface area (Å²) in [6, 6.07) is 10.3. The zero-order chi connectivity index (χ0) is 16.8. The van der Waals surface area contributed by atoms with Crippen LogP contribution >= 0.6 is 0 Å². The van der Waals surface area contributed by atoms with E-state index in [1.54, 1.807) is 18.2 Å². The van der Waals surface area contributed by atoms with Crippen LogP contribution < -0.4 is 16.4 Å². The number of hydrogen-bond acceptors (Lipinski definition) is 3. The summed E-state index contributed by atoms with van der Waals surface area (Å²) in [4.78, 5) is 23.4. The Labute approximate surface area is 131 Å². The highest BCUT2D eigenvalue weighted by atomic mass is 19.1. The Hall–Kier alpha value is -2.80. The molecule has 0 aliphatic rings. The molecule has 0 saturated heterocycles. The van der Waals surface area contributed by atoms with Crippen molar-refractivity contribution in [2.45, 2.75) is 13.1 Å². The molecule has 0 radical (unpaired) electrons. The molecule has 0 saturated carbocycles. The third-order valence-corrected chi connectivity index (χ3v) is 3.09. The first-order valence-corrected chi connectivity index (χ1v) is 6.82. The molecule has 0 aliphatic heterocycles. The van der Waals surface area contributed by atoms with Gasteiger partial charge >= 0.3 is 11.8 Å². The van der Waals surface area contributed by atoms with E-state index in [-0.39, 0.29) is 6.54 Å². The fourth-order valence-electron chi connectivity index (χ4n) is 1.92. The van der Waals surface area contributed by atoms with Gasteiger partial charge in [-0.2, -0.15) is 0 Å². The molecule has 4 N–H and O–H groups in total. The minimum absolute atomic E-state index is 0.0971. The molecule has 0 spiro atoms. The van der Waals surface area contributed by atoms with Gasteiger partial charge in [0, 0.05) is 13.1 Å². The van der Waals surface area contributed by atoms with Crippen molar-refractivity contribution in [3.8, 4) is 0 Å². The van der Waals surface area contributed by atoms with Gasteiger partial charge in [0.2, 0.25) is 0 Å². The molecule has 120 valence electrons. The number of nitrogens with one attached hydrogen (secondary N) is 2. The van der Waals surface area contributed by atoms with Crippen molar-refractivity contribution < 1.29 is 18.4 Å². The van der Waals surface area contributed by atoms with Gasteiger partial charge in [-0.05, 0) is 23.3 Å². The average Bonchev–Trinajstić information content (AvgIpc) is 2.56. The average molecular weight is 319 g/mol. The lowest BCUT2D eigenvalue weighted by Crippen LogP contribution is -2.35. The van der Waals surface area contributed by atoms with Gasteiger partial charge in [0.1, 0.15) is 17.3 Å². The Balaban J connectivity index is 1.96. The van der Waals surface area contributed by atoms with Crippen LogP contribution in [0.3, 0.4) is 0 Å².